The van der Waals surface area contributed by atoms with Crippen LogP contribution in [0.1, 0.15) is 25.5 Å². The molecule has 0 saturated carbocycles. The van der Waals surface area contributed by atoms with Crippen molar-refractivity contribution in [3.63, 3.8) is 0 Å². The molecular weight excluding hydrogens is 295 g/mol. The topological polar surface area (TPSA) is 90.0 Å². The van der Waals surface area contributed by atoms with Gasteiger partial charge in [-0.25, -0.2) is 17.5 Å². The third-order valence-electron chi connectivity index (χ3n) is 3.07. The highest BCUT2D eigenvalue weighted by molar-refractivity contribution is 7.92. The van der Waals surface area contributed by atoms with Crippen LogP contribution in [0.15, 0.2) is 29.3 Å². The number of nitrogens with two attached hydrogens (primary N) is 1. The molecule has 0 spiro atoms. The molecule has 114 valence electrons. The summed E-state index contributed by atoms with van der Waals surface area (Å²) >= 11 is 0. The summed E-state index contributed by atoms with van der Waals surface area (Å²) < 4.78 is 42.2. The number of hydrogen-bond acceptors (Lipinski definition) is 4. The Bertz CT molecular complexity index is 745. The van der Waals surface area contributed by atoms with Gasteiger partial charge >= 0.3 is 0 Å². The Kier molecular flexibility index (Phi) is 3.91. The van der Waals surface area contributed by atoms with Gasteiger partial charge in [0, 0.05) is 23.4 Å². The Morgan fingerprint density at radius 3 is 2.62 bits per heavy atom. The number of hydrogen-bond donors (Lipinski definition) is 2. The van der Waals surface area contributed by atoms with E-state index in [0.717, 1.165) is 6.07 Å². The molecule has 0 bridgehead atoms. The largest absolute Gasteiger partial charge is 0.398 e. The van der Waals surface area contributed by atoms with Gasteiger partial charge in [0.1, 0.15) is 11.6 Å². The molecule has 6 nitrogen and oxygen atoms in total. The van der Waals surface area contributed by atoms with E-state index in [0.29, 0.717) is 5.82 Å². The Hall–Kier alpha value is -2.09. The molecule has 2 aromatic rings. The second kappa shape index (κ2) is 5.36. The van der Waals surface area contributed by atoms with Crippen LogP contribution < -0.4 is 10.5 Å². The van der Waals surface area contributed by atoms with Crippen LogP contribution >= 0.6 is 0 Å². The fraction of sp³-hybridized carbons (Fsp3) is 0.308. The van der Waals surface area contributed by atoms with Gasteiger partial charge in [-0.3, -0.25) is 4.72 Å². The van der Waals surface area contributed by atoms with Crippen molar-refractivity contribution < 1.29 is 12.8 Å². The summed E-state index contributed by atoms with van der Waals surface area (Å²) in [5.41, 5.74) is 5.93. The van der Waals surface area contributed by atoms with Crippen molar-refractivity contribution in [2.75, 3.05) is 10.5 Å². The van der Waals surface area contributed by atoms with Gasteiger partial charge in [-0.05, 0) is 32.9 Å². The third-order valence-corrected chi connectivity index (χ3v) is 4.40. The molecule has 0 unspecified atom stereocenters. The number of nitrogen functional groups attached to an aromatic ring is 1. The van der Waals surface area contributed by atoms with Crippen LogP contribution in [0.4, 0.5) is 15.9 Å². The number of nitrogens with zero attached hydrogens (tertiary/aromatic N) is 2. The Balaban J connectivity index is 2.41. The van der Waals surface area contributed by atoms with Gasteiger partial charge in [-0.15, -0.1) is 0 Å². The van der Waals surface area contributed by atoms with Crippen LogP contribution in [0.3, 0.4) is 0 Å². The summed E-state index contributed by atoms with van der Waals surface area (Å²) in [4.78, 5) is -0.223. The Labute approximate surface area is 122 Å². The highest BCUT2D eigenvalue weighted by Gasteiger charge is 2.20. The Morgan fingerprint density at radius 1 is 1.38 bits per heavy atom. The van der Waals surface area contributed by atoms with Gasteiger partial charge in [0.05, 0.1) is 11.1 Å². The molecule has 3 N–H and O–H groups in total. The molecule has 0 fully saturated rings. The minimum absolute atomic E-state index is 0.0162. The number of halogens is 1. The maximum Gasteiger partial charge on any atom is 0.263 e. The van der Waals surface area contributed by atoms with Crippen molar-refractivity contribution in [2.45, 2.75) is 31.7 Å². The minimum Gasteiger partial charge on any atom is -0.398 e. The lowest BCUT2D eigenvalue weighted by molar-refractivity contribution is 0.539. The quantitative estimate of drug-likeness (QED) is 0.848. The van der Waals surface area contributed by atoms with Gasteiger partial charge in [0.25, 0.3) is 10.0 Å². The zero-order valence-electron chi connectivity index (χ0n) is 12.0. The molecule has 0 atom stereocenters. The van der Waals surface area contributed by atoms with E-state index >= 15 is 0 Å². The second-order valence-electron chi connectivity index (χ2n) is 4.98. The normalized spacial score (nSPS) is 11.9. The summed E-state index contributed by atoms with van der Waals surface area (Å²) in [6.45, 7) is 5.23. The standard InChI is InChI=1S/C13H17FN4O2S/c1-8(2)18-13(4-5-16-18)17-21(19,20)10-6-11(14)9(3)12(15)7-10/h4-8,17H,15H2,1-3H3. The van der Waals surface area contributed by atoms with E-state index in [9.17, 15) is 12.8 Å². The van der Waals surface area contributed by atoms with Crippen LogP contribution in [0, 0.1) is 12.7 Å². The fourth-order valence-electron chi connectivity index (χ4n) is 1.83. The Morgan fingerprint density at radius 2 is 2.05 bits per heavy atom. The molecule has 0 radical (unpaired) electrons. The molecule has 2 rings (SSSR count). The van der Waals surface area contributed by atoms with Crippen LogP contribution in [-0.4, -0.2) is 18.2 Å². The van der Waals surface area contributed by atoms with Crippen molar-refractivity contribution in [3.8, 4) is 0 Å². The first kappa shape index (κ1) is 15.3. The summed E-state index contributed by atoms with van der Waals surface area (Å²) in [7, 11) is -3.93. The number of nitrogens with one attached hydrogen (secondary N) is 1. The summed E-state index contributed by atoms with van der Waals surface area (Å²) in [6, 6.07) is 3.70. The number of benzene rings is 1. The van der Waals surface area contributed by atoms with Gasteiger partial charge in [0.15, 0.2) is 0 Å². The van der Waals surface area contributed by atoms with E-state index < -0.39 is 15.8 Å². The maximum atomic E-state index is 13.7. The van der Waals surface area contributed by atoms with Crippen molar-refractivity contribution in [2.24, 2.45) is 0 Å². The van der Waals surface area contributed by atoms with E-state index in [-0.39, 0.29) is 22.2 Å². The highest BCUT2D eigenvalue weighted by atomic mass is 32.2. The van der Waals surface area contributed by atoms with Gasteiger partial charge < -0.3 is 5.73 Å². The number of aromatic nitrogens is 2. The molecule has 1 heterocycles. The molecule has 8 heteroatoms. The molecule has 1 aromatic carbocycles. The highest BCUT2D eigenvalue weighted by Crippen LogP contribution is 2.23. The first-order chi connectivity index (χ1) is 9.72. The average Bonchev–Trinajstić information content (AvgIpc) is 2.82. The van der Waals surface area contributed by atoms with E-state index in [1.807, 2.05) is 13.8 Å². The average molecular weight is 312 g/mol. The van der Waals surface area contributed by atoms with Gasteiger partial charge in [0.2, 0.25) is 0 Å². The van der Waals surface area contributed by atoms with Crippen LogP contribution in [0.5, 0.6) is 0 Å². The molecule has 0 aliphatic heterocycles. The fourth-order valence-corrected chi connectivity index (χ4v) is 2.93. The van der Waals surface area contributed by atoms with Crippen molar-refractivity contribution in [1.82, 2.24) is 9.78 Å². The maximum absolute atomic E-state index is 13.7. The first-order valence-electron chi connectivity index (χ1n) is 6.34. The number of rotatable bonds is 4. The van der Waals surface area contributed by atoms with E-state index in [4.69, 9.17) is 5.73 Å². The van der Waals surface area contributed by atoms with Crippen LogP contribution in [-0.2, 0) is 10.0 Å². The summed E-state index contributed by atoms with van der Waals surface area (Å²) in [5, 5.41) is 4.03. The molecular formula is C13H17FN4O2S. The lowest BCUT2D eigenvalue weighted by atomic mass is 10.2. The van der Waals surface area contributed by atoms with Crippen LogP contribution in [0.2, 0.25) is 0 Å². The first-order valence-corrected chi connectivity index (χ1v) is 7.82. The van der Waals surface area contributed by atoms with Crippen molar-refractivity contribution >= 4 is 21.5 Å². The summed E-state index contributed by atoms with van der Waals surface area (Å²) in [5.74, 6) is -0.350. The van der Waals surface area contributed by atoms with Crippen molar-refractivity contribution in [1.29, 1.82) is 0 Å². The monoisotopic (exact) mass is 312 g/mol. The SMILES string of the molecule is Cc1c(N)cc(S(=O)(=O)Nc2ccnn2C(C)C)cc1F. The van der Waals surface area contributed by atoms with Gasteiger partial charge in [-0.2, -0.15) is 5.10 Å². The van der Waals surface area contributed by atoms with E-state index in [1.165, 1.54) is 29.9 Å². The number of sulfonamides is 1. The zero-order chi connectivity index (χ0) is 15.8. The smallest absolute Gasteiger partial charge is 0.263 e. The zero-order valence-corrected chi connectivity index (χ0v) is 12.8. The lowest BCUT2D eigenvalue weighted by Crippen LogP contribution is -2.18. The molecule has 0 aliphatic rings. The second-order valence-corrected chi connectivity index (χ2v) is 6.66. The number of anilines is 2. The third kappa shape index (κ3) is 2.99. The predicted octanol–water partition coefficient (Wildman–Crippen LogP) is 2.29. The van der Waals surface area contributed by atoms with Crippen LogP contribution in [0.25, 0.3) is 0 Å². The minimum atomic E-state index is -3.93. The molecule has 21 heavy (non-hydrogen) atoms. The van der Waals surface area contributed by atoms with E-state index in [2.05, 4.69) is 9.82 Å². The lowest BCUT2D eigenvalue weighted by Gasteiger charge is -2.14. The van der Waals surface area contributed by atoms with Crippen molar-refractivity contribution in [3.05, 3.63) is 35.8 Å². The predicted molar refractivity (Wildman–Crippen MR) is 79.0 cm³/mol. The van der Waals surface area contributed by atoms with E-state index in [1.54, 1.807) is 0 Å². The molecule has 0 amide bonds. The van der Waals surface area contributed by atoms with Gasteiger partial charge in [-0.1, -0.05) is 0 Å². The summed E-state index contributed by atoms with van der Waals surface area (Å²) in [6.07, 6.45) is 1.49. The molecule has 0 saturated heterocycles. The molecule has 1 aromatic heterocycles. The molecule has 0 aliphatic carbocycles.